The van der Waals surface area contributed by atoms with E-state index in [0.29, 0.717) is 36.1 Å². The average molecular weight is 456 g/mol. The van der Waals surface area contributed by atoms with Crippen LogP contribution in [0.15, 0.2) is 33.9 Å². The van der Waals surface area contributed by atoms with Crippen molar-refractivity contribution in [1.82, 2.24) is 18.7 Å². The third-order valence-electron chi connectivity index (χ3n) is 6.70. The van der Waals surface area contributed by atoms with Gasteiger partial charge in [-0.05, 0) is 18.1 Å². The van der Waals surface area contributed by atoms with Gasteiger partial charge in [0.2, 0.25) is 5.95 Å². The molecule has 0 saturated carbocycles. The summed E-state index contributed by atoms with van der Waals surface area (Å²) in [7, 11) is 3.34. The molecule has 1 N–H and O–H groups in total. The SMILES string of the molecule is COc1cccc(N2C[C@H](C)Cn3c2nc2c3c(=O)n(CC[NH+]3CCOCC3)c(=O)n2C)c1. The Balaban J connectivity index is 1.60. The van der Waals surface area contributed by atoms with Crippen molar-refractivity contribution in [3.8, 4) is 5.75 Å². The van der Waals surface area contributed by atoms with Crippen LogP contribution in [0.1, 0.15) is 6.92 Å². The molecule has 0 spiro atoms. The number of imidazole rings is 1. The number of hydrogen-bond donors (Lipinski definition) is 1. The fourth-order valence-corrected chi connectivity index (χ4v) is 4.88. The van der Waals surface area contributed by atoms with Crippen LogP contribution in [0.25, 0.3) is 11.2 Å². The van der Waals surface area contributed by atoms with Crippen molar-refractivity contribution in [3.63, 3.8) is 0 Å². The summed E-state index contributed by atoms with van der Waals surface area (Å²) in [4.78, 5) is 34.9. The van der Waals surface area contributed by atoms with E-state index in [0.717, 1.165) is 50.8 Å². The summed E-state index contributed by atoms with van der Waals surface area (Å²) in [6.07, 6.45) is 0. The highest BCUT2D eigenvalue weighted by Gasteiger charge is 2.30. The first-order valence-corrected chi connectivity index (χ1v) is 11.5. The molecule has 0 bridgehead atoms. The zero-order valence-electron chi connectivity index (χ0n) is 19.4. The second-order valence-electron chi connectivity index (χ2n) is 9.02. The highest BCUT2D eigenvalue weighted by molar-refractivity contribution is 5.77. The van der Waals surface area contributed by atoms with E-state index in [2.05, 4.69) is 11.8 Å². The topological polar surface area (TPSA) is 88.0 Å². The number of fused-ring (bicyclic) bond motifs is 3. The number of hydrogen-bond acceptors (Lipinski definition) is 6. The van der Waals surface area contributed by atoms with Gasteiger partial charge < -0.3 is 23.8 Å². The van der Waals surface area contributed by atoms with Crippen molar-refractivity contribution in [1.29, 1.82) is 0 Å². The van der Waals surface area contributed by atoms with Gasteiger partial charge in [-0.2, -0.15) is 4.98 Å². The molecule has 3 aromatic rings. The van der Waals surface area contributed by atoms with Crippen molar-refractivity contribution in [2.45, 2.75) is 20.0 Å². The molecule has 10 heteroatoms. The highest BCUT2D eigenvalue weighted by Crippen LogP contribution is 2.34. The molecule has 1 saturated heterocycles. The number of nitrogens with zero attached hydrogens (tertiary/aromatic N) is 5. The lowest BCUT2D eigenvalue weighted by molar-refractivity contribution is -0.908. The van der Waals surface area contributed by atoms with E-state index in [-0.39, 0.29) is 11.2 Å². The molecule has 1 fully saturated rings. The molecule has 2 aliphatic heterocycles. The summed E-state index contributed by atoms with van der Waals surface area (Å²) >= 11 is 0. The molecule has 33 heavy (non-hydrogen) atoms. The van der Waals surface area contributed by atoms with Gasteiger partial charge in [0.1, 0.15) is 18.8 Å². The number of morpholine rings is 1. The molecule has 2 aliphatic rings. The Morgan fingerprint density at radius 1 is 1.21 bits per heavy atom. The van der Waals surface area contributed by atoms with E-state index in [1.54, 1.807) is 14.2 Å². The number of methoxy groups -OCH3 is 1. The Hall–Kier alpha value is -3.11. The van der Waals surface area contributed by atoms with Gasteiger partial charge in [-0.1, -0.05) is 13.0 Å². The number of ether oxygens (including phenoxy) is 2. The van der Waals surface area contributed by atoms with Gasteiger partial charge >= 0.3 is 5.69 Å². The maximum Gasteiger partial charge on any atom is 0.332 e. The molecular formula is C23H31N6O4+. The predicted octanol–water partition coefficient (Wildman–Crippen LogP) is -0.392. The van der Waals surface area contributed by atoms with Gasteiger partial charge in [-0.3, -0.25) is 13.9 Å². The van der Waals surface area contributed by atoms with Crippen LogP contribution < -0.4 is 25.8 Å². The van der Waals surface area contributed by atoms with Gasteiger partial charge in [0.25, 0.3) is 5.56 Å². The van der Waals surface area contributed by atoms with Crippen LogP contribution in [0, 0.1) is 5.92 Å². The quantitative estimate of drug-likeness (QED) is 0.564. The minimum absolute atomic E-state index is 0.265. The van der Waals surface area contributed by atoms with E-state index in [1.807, 2.05) is 28.8 Å². The second kappa shape index (κ2) is 8.68. The van der Waals surface area contributed by atoms with Gasteiger partial charge in [0, 0.05) is 31.9 Å². The fourth-order valence-electron chi connectivity index (χ4n) is 4.88. The third kappa shape index (κ3) is 3.83. The zero-order chi connectivity index (χ0) is 23.1. The van der Waals surface area contributed by atoms with Crippen molar-refractivity contribution in [3.05, 3.63) is 45.1 Å². The predicted molar refractivity (Wildman–Crippen MR) is 125 cm³/mol. The lowest BCUT2D eigenvalue weighted by Gasteiger charge is -2.33. The fraction of sp³-hybridized carbons (Fsp3) is 0.522. The highest BCUT2D eigenvalue weighted by atomic mass is 16.5. The summed E-state index contributed by atoms with van der Waals surface area (Å²) in [5, 5.41) is 0. The monoisotopic (exact) mass is 455 g/mol. The Labute approximate surface area is 191 Å². The number of quaternary nitrogens is 1. The Morgan fingerprint density at radius 2 is 2.00 bits per heavy atom. The molecule has 0 unspecified atom stereocenters. The summed E-state index contributed by atoms with van der Waals surface area (Å²) in [6, 6.07) is 7.81. The maximum atomic E-state index is 13.6. The first-order chi connectivity index (χ1) is 16.0. The number of aromatic nitrogens is 4. The third-order valence-corrected chi connectivity index (χ3v) is 6.70. The van der Waals surface area contributed by atoms with Gasteiger partial charge in [-0.25, -0.2) is 4.79 Å². The first-order valence-electron chi connectivity index (χ1n) is 11.5. The number of nitrogens with one attached hydrogen (secondary N) is 1. The van der Waals surface area contributed by atoms with Crippen LogP contribution in [0.3, 0.4) is 0 Å². The second-order valence-corrected chi connectivity index (χ2v) is 9.02. The number of aryl methyl sites for hydroxylation is 1. The van der Waals surface area contributed by atoms with Crippen LogP contribution in [0.4, 0.5) is 11.6 Å². The van der Waals surface area contributed by atoms with Crippen LogP contribution in [0.5, 0.6) is 5.75 Å². The molecule has 1 aromatic carbocycles. The van der Waals surface area contributed by atoms with Crippen LogP contribution in [0.2, 0.25) is 0 Å². The molecule has 5 rings (SSSR count). The molecule has 10 nitrogen and oxygen atoms in total. The lowest BCUT2D eigenvalue weighted by atomic mass is 10.1. The van der Waals surface area contributed by atoms with Crippen LogP contribution in [-0.4, -0.2) is 65.2 Å². The van der Waals surface area contributed by atoms with E-state index in [1.165, 1.54) is 14.0 Å². The molecule has 0 radical (unpaired) electrons. The van der Waals surface area contributed by atoms with Gasteiger partial charge in [0.15, 0.2) is 11.2 Å². The van der Waals surface area contributed by atoms with Crippen molar-refractivity contribution in [2.24, 2.45) is 13.0 Å². The van der Waals surface area contributed by atoms with E-state index < -0.39 is 0 Å². The van der Waals surface area contributed by atoms with Crippen LogP contribution >= 0.6 is 0 Å². The largest absolute Gasteiger partial charge is 0.497 e. The Bertz CT molecular complexity index is 1290. The number of anilines is 2. The summed E-state index contributed by atoms with van der Waals surface area (Å²) in [5.74, 6) is 1.73. The minimum atomic E-state index is -0.323. The smallest absolute Gasteiger partial charge is 0.332 e. The zero-order valence-corrected chi connectivity index (χ0v) is 19.4. The maximum absolute atomic E-state index is 13.6. The van der Waals surface area contributed by atoms with Crippen molar-refractivity contribution in [2.75, 3.05) is 51.4 Å². The molecule has 176 valence electrons. The standard InChI is InChI=1S/C23H30N6O4/c1-16-14-28(17-5-4-6-18(13-17)32-3)22-24-20-19(29(22)15-16)21(30)27(23(31)25(20)2)8-7-26-9-11-33-12-10-26/h4-6,13,16H,7-12,14-15H2,1-3H3/p+1/t16-/m0/s1. The first kappa shape index (κ1) is 21.7. The summed E-state index contributed by atoms with van der Waals surface area (Å²) < 4.78 is 15.7. The molecule has 1 atom stereocenters. The molecule has 4 heterocycles. The molecular weight excluding hydrogens is 424 g/mol. The average Bonchev–Trinajstić information content (AvgIpc) is 3.22. The molecule has 2 aromatic heterocycles. The molecule has 0 amide bonds. The summed E-state index contributed by atoms with van der Waals surface area (Å²) in [6.45, 7) is 7.92. The number of rotatable bonds is 5. The van der Waals surface area contributed by atoms with Crippen molar-refractivity contribution < 1.29 is 14.4 Å². The van der Waals surface area contributed by atoms with Gasteiger partial charge in [0.05, 0.1) is 33.4 Å². The normalized spacial score (nSPS) is 19.1. The van der Waals surface area contributed by atoms with Crippen LogP contribution in [-0.2, 0) is 24.9 Å². The van der Waals surface area contributed by atoms with E-state index in [9.17, 15) is 9.59 Å². The summed E-state index contributed by atoms with van der Waals surface area (Å²) in [5.41, 5.74) is 1.27. The molecule has 0 aliphatic carbocycles. The lowest BCUT2D eigenvalue weighted by Crippen LogP contribution is -3.14. The minimum Gasteiger partial charge on any atom is -0.497 e. The van der Waals surface area contributed by atoms with Gasteiger partial charge in [-0.15, -0.1) is 0 Å². The Morgan fingerprint density at radius 3 is 2.76 bits per heavy atom. The van der Waals surface area contributed by atoms with Crippen molar-refractivity contribution >= 4 is 22.8 Å². The Kier molecular flexibility index (Phi) is 5.71. The number of benzene rings is 1. The van der Waals surface area contributed by atoms with E-state index in [4.69, 9.17) is 14.5 Å². The van der Waals surface area contributed by atoms with E-state index >= 15 is 0 Å².